The maximum absolute atomic E-state index is 11.8. The van der Waals surface area contributed by atoms with E-state index in [4.69, 9.17) is 33.7 Å². The van der Waals surface area contributed by atoms with E-state index in [-0.39, 0.29) is 16.8 Å². The highest BCUT2D eigenvalue weighted by molar-refractivity contribution is 6.36. The van der Waals surface area contributed by atoms with Crippen molar-refractivity contribution in [3.8, 4) is 0 Å². The number of carboxylic acids is 1. The number of anilines is 1. The topological polar surface area (TPSA) is 72.5 Å². The minimum atomic E-state index is -1.09. The fourth-order valence-corrected chi connectivity index (χ4v) is 3.11. The van der Waals surface area contributed by atoms with Crippen LogP contribution in [0.25, 0.3) is 0 Å². The average molecular weight is 304 g/mol. The predicted molar refractivity (Wildman–Crippen MR) is 74.8 cm³/mol. The van der Waals surface area contributed by atoms with Gasteiger partial charge in [-0.25, -0.2) is 0 Å². The van der Waals surface area contributed by atoms with Crippen molar-refractivity contribution in [2.75, 3.05) is 12.3 Å². The summed E-state index contributed by atoms with van der Waals surface area (Å²) in [7, 11) is 0. The van der Waals surface area contributed by atoms with Gasteiger partial charge in [0.2, 0.25) is 0 Å². The summed E-state index contributed by atoms with van der Waals surface area (Å²) in [6.45, 7) is 2.22. The molecule has 1 saturated heterocycles. The molecule has 6 heteroatoms. The third-order valence-electron chi connectivity index (χ3n) is 3.59. The van der Waals surface area contributed by atoms with Gasteiger partial charge in [-0.1, -0.05) is 23.2 Å². The Morgan fingerprint density at radius 3 is 2.79 bits per heavy atom. The predicted octanol–water partition coefficient (Wildman–Crippen LogP) is 3.10. The zero-order chi connectivity index (χ0) is 14.2. The lowest BCUT2D eigenvalue weighted by molar-refractivity contribution is -0.150. The Hall–Kier alpha value is -0.970. The normalized spacial score (nSPS) is 27.2. The quantitative estimate of drug-likeness (QED) is 0.824. The van der Waals surface area contributed by atoms with E-state index in [1.165, 1.54) is 6.07 Å². The highest BCUT2D eigenvalue weighted by Crippen LogP contribution is 2.43. The Labute approximate surface area is 121 Å². The van der Waals surface area contributed by atoms with Crippen LogP contribution in [0.5, 0.6) is 0 Å². The van der Waals surface area contributed by atoms with E-state index in [0.29, 0.717) is 30.0 Å². The second kappa shape index (κ2) is 5.19. The summed E-state index contributed by atoms with van der Waals surface area (Å²) >= 11 is 12.0. The second-order valence-electron chi connectivity index (χ2n) is 4.87. The summed E-state index contributed by atoms with van der Waals surface area (Å²) in [5.74, 6) is -0.923. The summed E-state index contributed by atoms with van der Waals surface area (Å²) < 4.78 is 5.43. The Kier molecular flexibility index (Phi) is 3.95. The standard InChI is InChI=1S/C13H15Cl2NO3/c1-7-6-13(12(17)18,2-3-19-7)9-4-8(14)5-10(15)11(9)16/h4-5,7H,2-3,6,16H2,1H3,(H,17,18). The number of benzene rings is 1. The fraction of sp³-hybridized carbons (Fsp3) is 0.462. The van der Waals surface area contributed by atoms with E-state index in [2.05, 4.69) is 0 Å². The summed E-state index contributed by atoms with van der Waals surface area (Å²) in [6, 6.07) is 3.11. The molecule has 1 heterocycles. The van der Waals surface area contributed by atoms with Crippen LogP contribution in [0.4, 0.5) is 5.69 Å². The van der Waals surface area contributed by atoms with Crippen LogP contribution in [0.15, 0.2) is 12.1 Å². The molecule has 19 heavy (non-hydrogen) atoms. The minimum absolute atomic E-state index is 0.151. The molecule has 0 aromatic heterocycles. The monoisotopic (exact) mass is 303 g/mol. The van der Waals surface area contributed by atoms with Gasteiger partial charge in [0, 0.05) is 11.6 Å². The third-order valence-corrected chi connectivity index (χ3v) is 4.12. The van der Waals surface area contributed by atoms with Crippen molar-refractivity contribution >= 4 is 34.9 Å². The molecule has 2 rings (SSSR count). The van der Waals surface area contributed by atoms with E-state index in [1.54, 1.807) is 6.07 Å². The molecule has 0 spiro atoms. The molecule has 1 aliphatic heterocycles. The number of carboxylic acid groups (broad SMARTS) is 1. The van der Waals surface area contributed by atoms with E-state index in [9.17, 15) is 9.90 Å². The van der Waals surface area contributed by atoms with Gasteiger partial charge < -0.3 is 15.6 Å². The first kappa shape index (κ1) is 14.4. The number of nitrogens with two attached hydrogens (primary N) is 1. The Morgan fingerprint density at radius 2 is 2.21 bits per heavy atom. The van der Waals surface area contributed by atoms with Gasteiger partial charge in [0.1, 0.15) is 0 Å². The van der Waals surface area contributed by atoms with Gasteiger partial charge in [0.25, 0.3) is 0 Å². The van der Waals surface area contributed by atoms with Crippen LogP contribution in [-0.4, -0.2) is 23.8 Å². The average Bonchev–Trinajstić information content (AvgIpc) is 2.33. The van der Waals surface area contributed by atoms with Crippen LogP contribution in [0, 0.1) is 0 Å². The Bertz CT molecular complexity index is 521. The molecule has 2 unspecified atom stereocenters. The van der Waals surface area contributed by atoms with Crippen LogP contribution < -0.4 is 5.73 Å². The molecule has 0 saturated carbocycles. The lowest BCUT2D eigenvalue weighted by atomic mass is 9.72. The molecule has 2 atom stereocenters. The number of halogens is 2. The van der Waals surface area contributed by atoms with Crippen molar-refractivity contribution in [3.63, 3.8) is 0 Å². The van der Waals surface area contributed by atoms with E-state index < -0.39 is 11.4 Å². The summed E-state index contributed by atoms with van der Waals surface area (Å²) in [6.07, 6.45) is 0.554. The van der Waals surface area contributed by atoms with Crippen molar-refractivity contribution < 1.29 is 14.6 Å². The number of aliphatic carboxylic acids is 1. The number of nitrogen functional groups attached to an aromatic ring is 1. The van der Waals surface area contributed by atoms with E-state index >= 15 is 0 Å². The minimum Gasteiger partial charge on any atom is -0.481 e. The van der Waals surface area contributed by atoms with Crippen molar-refractivity contribution in [1.82, 2.24) is 0 Å². The molecule has 104 valence electrons. The molecular formula is C13H15Cl2NO3. The number of rotatable bonds is 2. The van der Waals surface area contributed by atoms with Crippen LogP contribution in [0.2, 0.25) is 10.0 Å². The first-order valence-corrected chi connectivity index (χ1v) is 6.72. The van der Waals surface area contributed by atoms with E-state index in [0.717, 1.165) is 0 Å². The zero-order valence-electron chi connectivity index (χ0n) is 10.5. The summed E-state index contributed by atoms with van der Waals surface area (Å²) in [4.78, 5) is 11.8. The van der Waals surface area contributed by atoms with Gasteiger partial charge in [-0.2, -0.15) is 0 Å². The number of hydrogen-bond donors (Lipinski definition) is 2. The Morgan fingerprint density at radius 1 is 1.53 bits per heavy atom. The van der Waals surface area contributed by atoms with Crippen molar-refractivity contribution in [2.24, 2.45) is 0 Å². The van der Waals surface area contributed by atoms with Gasteiger partial charge in [-0.05, 0) is 37.5 Å². The first-order valence-electron chi connectivity index (χ1n) is 5.97. The van der Waals surface area contributed by atoms with Crippen LogP contribution in [0.3, 0.4) is 0 Å². The van der Waals surface area contributed by atoms with Crippen LogP contribution in [-0.2, 0) is 14.9 Å². The van der Waals surface area contributed by atoms with Crippen LogP contribution >= 0.6 is 23.2 Å². The van der Waals surface area contributed by atoms with Crippen molar-refractivity contribution in [3.05, 3.63) is 27.7 Å². The molecule has 1 aromatic rings. The summed E-state index contributed by atoms with van der Waals surface area (Å²) in [5.41, 5.74) is 5.63. The molecule has 0 bridgehead atoms. The lowest BCUT2D eigenvalue weighted by Gasteiger charge is -2.37. The maximum Gasteiger partial charge on any atom is 0.314 e. The number of ether oxygens (including phenoxy) is 1. The highest BCUT2D eigenvalue weighted by Gasteiger charge is 2.45. The number of carbonyl (C=O) groups is 1. The van der Waals surface area contributed by atoms with Gasteiger partial charge in [0.05, 0.1) is 22.2 Å². The van der Waals surface area contributed by atoms with E-state index in [1.807, 2.05) is 6.92 Å². The fourth-order valence-electron chi connectivity index (χ4n) is 2.62. The maximum atomic E-state index is 11.8. The largest absolute Gasteiger partial charge is 0.481 e. The van der Waals surface area contributed by atoms with Gasteiger partial charge in [0.15, 0.2) is 0 Å². The Balaban J connectivity index is 2.60. The zero-order valence-corrected chi connectivity index (χ0v) is 12.0. The molecule has 0 radical (unpaired) electrons. The molecule has 4 nitrogen and oxygen atoms in total. The SMILES string of the molecule is CC1CC(C(=O)O)(c2cc(Cl)cc(Cl)c2N)CCO1. The van der Waals surface area contributed by atoms with Gasteiger partial charge >= 0.3 is 5.97 Å². The third kappa shape index (κ3) is 2.53. The number of hydrogen-bond acceptors (Lipinski definition) is 3. The molecule has 0 aliphatic carbocycles. The van der Waals surface area contributed by atoms with Gasteiger partial charge in [-0.3, -0.25) is 4.79 Å². The van der Waals surface area contributed by atoms with Crippen molar-refractivity contribution in [1.29, 1.82) is 0 Å². The molecule has 1 aliphatic rings. The highest BCUT2D eigenvalue weighted by atomic mass is 35.5. The molecule has 3 N–H and O–H groups in total. The molecular weight excluding hydrogens is 289 g/mol. The molecule has 0 amide bonds. The smallest absolute Gasteiger partial charge is 0.314 e. The first-order chi connectivity index (χ1) is 8.86. The van der Waals surface area contributed by atoms with Crippen LogP contribution in [0.1, 0.15) is 25.3 Å². The van der Waals surface area contributed by atoms with Gasteiger partial charge in [-0.15, -0.1) is 0 Å². The lowest BCUT2D eigenvalue weighted by Crippen LogP contribution is -2.44. The summed E-state index contributed by atoms with van der Waals surface area (Å²) in [5, 5.41) is 10.3. The van der Waals surface area contributed by atoms with Crippen molar-refractivity contribution in [2.45, 2.75) is 31.3 Å². The molecule has 1 fully saturated rings. The molecule has 1 aromatic carbocycles. The second-order valence-corrected chi connectivity index (χ2v) is 5.72.